The van der Waals surface area contributed by atoms with Crippen LogP contribution in [0.2, 0.25) is 0 Å². The predicted molar refractivity (Wildman–Crippen MR) is 139 cm³/mol. The van der Waals surface area contributed by atoms with E-state index >= 15 is 0 Å². The molecular weight excluding hydrogens is 458 g/mol. The normalized spacial score (nSPS) is 11.3. The molecule has 0 fully saturated rings. The first-order valence-electron chi connectivity index (χ1n) is 11.3. The van der Waals surface area contributed by atoms with E-state index in [9.17, 15) is 4.79 Å². The third kappa shape index (κ3) is 3.95. The molecule has 0 aliphatic carbocycles. The summed E-state index contributed by atoms with van der Waals surface area (Å²) >= 11 is 1.66. The molecule has 0 saturated heterocycles. The van der Waals surface area contributed by atoms with Crippen molar-refractivity contribution in [3.63, 3.8) is 0 Å². The molecule has 6 aromatic rings. The zero-order chi connectivity index (χ0) is 23.8. The summed E-state index contributed by atoms with van der Waals surface area (Å²) in [7, 11) is 0. The van der Waals surface area contributed by atoms with Gasteiger partial charge < -0.3 is 10.3 Å². The van der Waals surface area contributed by atoms with Crippen LogP contribution in [-0.2, 0) is 4.79 Å². The van der Waals surface area contributed by atoms with Gasteiger partial charge in [-0.15, -0.1) is 0 Å². The van der Waals surface area contributed by atoms with E-state index in [1.807, 2.05) is 37.5 Å². The zero-order valence-corrected chi connectivity index (χ0v) is 19.7. The maximum absolute atomic E-state index is 12.0. The Hall–Kier alpha value is -4.37. The molecule has 0 bridgehead atoms. The fraction of sp³-hybridized carbons (Fsp3) is 0.115. The van der Waals surface area contributed by atoms with E-state index in [0.29, 0.717) is 12.1 Å². The number of carbonyl (C=O) groups excluding carboxylic acids is 1. The number of nitrogens with one attached hydrogen (secondary N) is 3. The number of amides is 1. The maximum atomic E-state index is 12.0. The molecule has 0 unspecified atom stereocenters. The molecule has 0 aromatic carbocycles. The summed E-state index contributed by atoms with van der Waals surface area (Å²) < 4.78 is 0. The number of fused-ring (bicyclic) bond motifs is 2. The fourth-order valence-electron chi connectivity index (χ4n) is 4.17. The van der Waals surface area contributed by atoms with Gasteiger partial charge >= 0.3 is 0 Å². The average molecular weight is 480 g/mol. The second-order valence-electron chi connectivity index (χ2n) is 8.27. The molecule has 0 saturated carbocycles. The largest absolute Gasteiger partial charge is 0.352 e. The quantitative estimate of drug-likeness (QED) is 0.270. The van der Waals surface area contributed by atoms with Gasteiger partial charge in [0.1, 0.15) is 11.2 Å². The summed E-state index contributed by atoms with van der Waals surface area (Å²) in [5.74, 6) is -0.0258. The number of H-pyrrole nitrogens is 2. The van der Waals surface area contributed by atoms with E-state index in [1.165, 1.54) is 0 Å². The highest BCUT2D eigenvalue weighted by Crippen LogP contribution is 2.34. The van der Waals surface area contributed by atoms with Crippen LogP contribution in [0.25, 0.3) is 55.7 Å². The summed E-state index contributed by atoms with van der Waals surface area (Å²) in [6.45, 7) is 1.97. The number of aromatic nitrogens is 6. The van der Waals surface area contributed by atoms with Crippen molar-refractivity contribution in [3.8, 4) is 33.8 Å². The molecule has 0 atom stereocenters. The highest BCUT2D eigenvalue weighted by atomic mass is 32.1. The van der Waals surface area contributed by atoms with E-state index in [1.54, 1.807) is 23.7 Å². The van der Waals surface area contributed by atoms with Crippen molar-refractivity contribution in [3.05, 3.63) is 65.9 Å². The van der Waals surface area contributed by atoms with Crippen LogP contribution in [0.5, 0.6) is 0 Å². The summed E-state index contributed by atoms with van der Waals surface area (Å²) in [6.07, 6.45) is 8.36. The van der Waals surface area contributed by atoms with Crippen LogP contribution < -0.4 is 5.32 Å². The lowest BCUT2D eigenvalue weighted by Gasteiger charge is -2.06. The molecule has 0 spiro atoms. The Morgan fingerprint density at radius 2 is 1.94 bits per heavy atom. The van der Waals surface area contributed by atoms with E-state index in [-0.39, 0.29) is 5.91 Å². The van der Waals surface area contributed by atoms with E-state index in [4.69, 9.17) is 4.98 Å². The summed E-state index contributed by atoms with van der Waals surface area (Å²) in [5, 5.41) is 15.8. The van der Waals surface area contributed by atoms with Gasteiger partial charge in [-0.25, -0.2) is 4.98 Å². The molecule has 6 heterocycles. The molecule has 0 aliphatic rings. The number of thiophene rings is 1. The van der Waals surface area contributed by atoms with Crippen molar-refractivity contribution in [2.75, 3.05) is 5.32 Å². The smallest absolute Gasteiger partial charge is 0.224 e. The summed E-state index contributed by atoms with van der Waals surface area (Å²) in [6, 6.07) is 9.95. The third-order valence-electron chi connectivity index (χ3n) is 5.84. The molecule has 0 radical (unpaired) electrons. The first-order valence-corrected chi connectivity index (χ1v) is 12.2. The molecule has 6 aromatic heterocycles. The Bertz CT molecular complexity index is 1670. The highest BCUT2D eigenvalue weighted by molar-refractivity contribution is 7.08. The van der Waals surface area contributed by atoms with Crippen LogP contribution in [0.15, 0.2) is 65.9 Å². The van der Waals surface area contributed by atoms with Gasteiger partial charge in [0.15, 0.2) is 0 Å². The Balaban J connectivity index is 1.40. The average Bonchev–Trinajstić information content (AvgIpc) is 3.63. The fourth-order valence-corrected chi connectivity index (χ4v) is 4.83. The molecule has 6 rings (SSSR count). The van der Waals surface area contributed by atoms with Crippen molar-refractivity contribution in [2.45, 2.75) is 19.8 Å². The number of nitrogens with zero attached hydrogens (tertiary/aromatic N) is 4. The van der Waals surface area contributed by atoms with E-state index in [0.717, 1.165) is 62.1 Å². The van der Waals surface area contributed by atoms with Gasteiger partial charge in [0, 0.05) is 35.3 Å². The van der Waals surface area contributed by atoms with Crippen LogP contribution >= 0.6 is 11.3 Å². The second kappa shape index (κ2) is 8.77. The molecule has 3 N–H and O–H groups in total. The molecule has 8 nitrogen and oxygen atoms in total. The minimum Gasteiger partial charge on any atom is -0.352 e. The predicted octanol–water partition coefficient (Wildman–Crippen LogP) is 6.03. The lowest BCUT2D eigenvalue weighted by Crippen LogP contribution is -2.10. The molecule has 9 heteroatoms. The van der Waals surface area contributed by atoms with Crippen molar-refractivity contribution in [2.24, 2.45) is 0 Å². The van der Waals surface area contributed by atoms with E-state index < -0.39 is 0 Å². The molecular formula is C26H21N7OS. The highest BCUT2D eigenvalue weighted by Gasteiger charge is 2.16. The lowest BCUT2D eigenvalue weighted by molar-refractivity contribution is -0.116. The monoisotopic (exact) mass is 479 g/mol. The van der Waals surface area contributed by atoms with Crippen LogP contribution in [0.3, 0.4) is 0 Å². The van der Waals surface area contributed by atoms with Gasteiger partial charge in [-0.05, 0) is 53.1 Å². The number of anilines is 1. The first-order chi connectivity index (χ1) is 17.2. The number of hydrogen-bond donors (Lipinski definition) is 3. The summed E-state index contributed by atoms with van der Waals surface area (Å²) in [4.78, 5) is 29.1. The number of hydrogen-bond acceptors (Lipinski definition) is 6. The van der Waals surface area contributed by atoms with Crippen LogP contribution in [0.4, 0.5) is 5.69 Å². The molecule has 1 amide bonds. The number of aromatic amines is 2. The summed E-state index contributed by atoms with van der Waals surface area (Å²) in [5.41, 5.74) is 8.55. The van der Waals surface area contributed by atoms with Gasteiger partial charge in [0.05, 0.1) is 40.5 Å². The van der Waals surface area contributed by atoms with Crippen LogP contribution in [0, 0.1) is 0 Å². The van der Waals surface area contributed by atoms with Crippen LogP contribution in [0.1, 0.15) is 19.8 Å². The van der Waals surface area contributed by atoms with Crippen LogP contribution in [-0.4, -0.2) is 36.0 Å². The van der Waals surface area contributed by atoms with Gasteiger partial charge in [0.25, 0.3) is 0 Å². The Morgan fingerprint density at radius 1 is 1.03 bits per heavy atom. The van der Waals surface area contributed by atoms with Crippen molar-refractivity contribution >= 4 is 44.9 Å². The van der Waals surface area contributed by atoms with Crippen molar-refractivity contribution < 1.29 is 4.79 Å². The minimum absolute atomic E-state index is 0.0258. The minimum atomic E-state index is -0.0258. The Labute approximate surface area is 204 Å². The SMILES string of the molecule is CCCC(=O)Nc1cncc(-c2ccc3[nH]nc(-c4cc5c(-c6ccsc6)cncc5[nH]4)c3n2)c1. The lowest BCUT2D eigenvalue weighted by atomic mass is 10.1. The van der Waals surface area contributed by atoms with Crippen molar-refractivity contribution in [1.29, 1.82) is 0 Å². The standard InChI is InChI=1S/C26H21N7OS/c1-2-3-24(34)29-17-8-16(10-27-11-17)20-4-5-21-25(31-20)26(33-32-21)22-9-18-19(15-6-7-35-14-15)12-28-13-23(18)30-22/h4-14,30H,2-3H2,1H3,(H,29,34)(H,32,33). The molecule has 35 heavy (non-hydrogen) atoms. The number of carbonyl (C=O) groups is 1. The van der Waals surface area contributed by atoms with Gasteiger partial charge in [-0.3, -0.25) is 19.9 Å². The topological polar surface area (TPSA) is 112 Å². The zero-order valence-electron chi connectivity index (χ0n) is 18.9. The molecule has 172 valence electrons. The second-order valence-corrected chi connectivity index (χ2v) is 9.05. The van der Waals surface area contributed by atoms with Gasteiger partial charge in [0.2, 0.25) is 5.91 Å². The third-order valence-corrected chi connectivity index (χ3v) is 6.52. The maximum Gasteiger partial charge on any atom is 0.224 e. The van der Waals surface area contributed by atoms with Gasteiger partial charge in [-0.1, -0.05) is 6.92 Å². The Kier molecular flexibility index (Phi) is 5.31. The van der Waals surface area contributed by atoms with E-state index in [2.05, 4.69) is 53.4 Å². The Morgan fingerprint density at radius 3 is 2.80 bits per heavy atom. The number of pyridine rings is 3. The molecule has 0 aliphatic heterocycles. The first kappa shape index (κ1) is 21.2. The van der Waals surface area contributed by atoms with Crippen molar-refractivity contribution in [1.82, 2.24) is 30.1 Å². The van der Waals surface area contributed by atoms with Gasteiger partial charge in [-0.2, -0.15) is 16.4 Å². The number of rotatable bonds is 6.